The minimum absolute atomic E-state index is 0.136. The Morgan fingerprint density at radius 1 is 1.03 bits per heavy atom. The van der Waals surface area contributed by atoms with Gasteiger partial charge in [0.2, 0.25) is 6.29 Å². The summed E-state index contributed by atoms with van der Waals surface area (Å²) in [5, 5.41) is 49.8. The molecule has 0 bridgehead atoms. The number of rotatable bonds is 6. The van der Waals surface area contributed by atoms with Crippen LogP contribution in [0.1, 0.15) is 22.7 Å². The van der Waals surface area contributed by atoms with Gasteiger partial charge in [-0.3, -0.25) is 0 Å². The zero-order valence-corrected chi connectivity index (χ0v) is 19.7. The summed E-state index contributed by atoms with van der Waals surface area (Å²) in [5.41, 5.74) is 3.36. The third kappa shape index (κ3) is 4.72. The number of benzene rings is 2. The first-order chi connectivity index (χ1) is 16.1. The molecule has 2 aliphatic rings. The van der Waals surface area contributed by atoms with Gasteiger partial charge in [-0.25, -0.2) is 0 Å². The largest absolute Gasteiger partial charge is 0.504 e. The average molecular weight is 477 g/mol. The maximum Gasteiger partial charge on any atom is 0.229 e. The van der Waals surface area contributed by atoms with Crippen LogP contribution < -0.4 is 9.47 Å². The lowest BCUT2D eigenvalue weighted by molar-refractivity contribution is -0.923. The normalized spacial score (nSPS) is 30.4. The van der Waals surface area contributed by atoms with Gasteiger partial charge in [0.25, 0.3) is 0 Å². The molecule has 2 aromatic carbocycles. The van der Waals surface area contributed by atoms with E-state index in [0.29, 0.717) is 11.5 Å². The molecule has 0 unspecified atom stereocenters. The fourth-order valence-corrected chi connectivity index (χ4v) is 4.84. The van der Waals surface area contributed by atoms with Crippen molar-refractivity contribution in [1.29, 1.82) is 0 Å². The molecule has 0 spiro atoms. The minimum Gasteiger partial charge on any atom is -0.504 e. The lowest BCUT2D eigenvalue weighted by Crippen LogP contribution is -2.60. The van der Waals surface area contributed by atoms with Gasteiger partial charge < -0.3 is 44.2 Å². The first-order valence-corrected chi connectivity index (χ1v) is 11.4. The topological polar surface area (TPSA) is 129 Å². The molecule has 6 atom stereocenters. The highest BCUT2D eigenvalue weighted by molar-refractivity contribution is 5.48. The summed E-state index contributed by atoms with van der Waals surface area (Å²) in [7, 11) is 5.92. The lowest BCUT2D eigenvalue weighted by Gasteiger charge is -2.43. The van der Waals surface area contributed by atoms with E-state index in [9.17, 15) is 25.5 Å². The second-order valence-corrected chi connectivity index (χ2v) is 9.65. The van der Waals surface area contributed by atoms with E-state index < -0.39 is 37.3 Å². The Bertz CT molecular complexity index is 993. The summed E-state index contributed by atoms with van der Waals surface area (Å²) in [6.45, 7) is 0.450. The number of aliphatic hydroxyl groups is 4. The molecule has 9 heteroatoms. The lowest BCUT2D eigenvalue weighted by atomic mass is 9.87. The Hall–Kier alpha value is -2.40. The molecule has 186 valence electrons. The van der Waals surface area contributed by atoms with Crippen molar-refractivity contribution in [3.05, 3.63) is 53.1 Å². The Morgan fingerprint density at radius 3 is 2.38 bits per heavy atom. The number of phenolic OH excluding ortho intramolecular Hbond substituents is 1. The molecular weight excluding hydrogens is 442 g/mol. The molecule has 5 N–H and O–H groups in total. The van der Waals surface area contributed by atoms with Gasteiger partial charge in [-0.1, -0.05) is 12.1 Å². The monoisotopic (exact) mass is 476 g/mol. The van der Waals surface area contributed by atoms with Crippen LogP contribution >= 0.6 is 0 Å². The van der Waals surface area contributed by atoms with Crippen molar-refractivity contribution in [3.8, 4) is 17.2 Å². The molecule has 0 aromatic heterocycles. The molecule has 1 saturated heterocycles. The molecule has 2 aliphatic heterocycles. The predicted molar refractivity (Wildman–Crippen MR) is 123 cm³/mol. The second kappa shape index (κ2) is 9.69. The van der Waals surface area contributed by atoms with Crippen LogP contribution in [0.3, 0.4) is 0 Å². The van der Waals surface area contributed by atoms with Gasteiger partial charge in [0, 0.05) is 18.4 Å². The summed E-state index contributed by atoms with van der Waals surface area (Å²) in [5.74, 6) is 1.05. The summed E-state index contributed by atoms with van der Waals surface area (Å²) in [4.78, 5) is 0. The van der Waals surface area contributed by atoms with Crippen LogP contribution in [0.5, 0.6) is 17.2 Å². The van der Waals surface area contributed by atoms with Crippen molar-refractivity contribution in [2.45, 2.75) is 49.6 Å². The third-order valence-electron chi connectivity index (χ3n) is 7.05. The van der Waals surface area contributed by atoms with Crippen molar-refractivity contribution in [2.75, 3.05) is 34.4 Å². The van der Waals surface area contributed by atoms with Crippen molar-refractivity contribution >= 4 is 0 Å². The molecule has 0 amide bonds. The van der Waals surface area contributed by atoms with E-state index in [-0.39, 0.29) is 11.8 Å². The van der Waals surface area contributed by atoms with Gasteiger partial charge in [0.1, 0.15) is 36.2 Å². The van der Waals surface area contributed by atoms with Crippen LogP contribution in [0, 0.1) is 0 Å². The Labute approximate surface area is 199 Å². The van der Waals surface area contributed by atoms with Gasteiger partial charge in [-0.05, 0) is 35.4 Å². The number of ether oxygens (including phenoxy) is 3. The van der Waals surface area contributed by atoms with Crippen molar-refractivity contribution in [3.63, 3.8) is 0 Å². The van der Waals surface area contributed by atoms with E-state index in [4.69, 9.17) is 14.2 Å². The van der Waals surface area contributed by atoms with Crippen LogP contribution in [0.15, 0.2) is 36.4 Å². The van der Waals surface area contributed by atoms with E-state index >= 15 is 0 Å². The van der Waals surface area contributed by atoms with Crippen molar-refractivity contribution < 1.29 is 44.2 Å². The smallest absolute Gasteiger partial charge is 0.229 e. The number of quaternary nitrogens is 1. The van der Waals surface area contributed by atoms with Gasteiger partial charge in [-0.15, -0.1) is 0 Å². The van der Waals surface area contributed by atoms with Crippen molar-refractivity contribution in [2.24, 2.45) is 0 Å². The van der Waals surface area contributed by atoms with Crippen molar-refractivity contribution in [1.82, 2.24) is 0 Å². The fraction of sp³-hybridized carbons (Fsp3) is 0.520. The molecule has 4 rings (SSSR count). The van der Waals surface area contributed by atoms with E-state index in [2.05, 4.69) is 14.1 Å². The molecule has 0 radical (unpaired) electrons. The molecule has 2 aromatic rings. The maximum atomic E-state index is 10.4. The van der Waals surface area contributed by atoms with Crippen LogP contribution in [0.25, 0.3) is 0 Å². The number of phenols is 1. The predicted octanol–water partition coefficient (Wildman–Crippen LogP) is 0.496. The second-order valence-electron chi connectivity index (χ2n) is 9.65. The number of aliphatic hydroxyl groups excluding tert-OH is 4. The van der Waals surface area contributed by atoms with E-state index in [1.807, 2.05) is 24.3 Å². The molecule has 0 saturated carbocycles. The number of likely N-dealkylation sites (N-methyl/N-ethyl adjacent to an activating group) is 1. The van der Waals surface area contributed by atoms with Gasteiger partial charge in [-0.2, -0.15) is 0 Å². The zero-order valence-electron chi connectivity index (χ0n) is 19.7. The Morgan fingerprint density at radius 2 is 1.74 bits per heavy atom. The number of fused-ring (bicyclic) bond motifs is 1. The maximum absolute atomic E-state index is 10.4. The number of nitrogens with zero attached hydrogens (tertiary/aromatic N) is 1. The van der Waals surface area contributed by atoms with Crippen LogP contribution in [0.2, 0.25) is 0 Å². The highest BCUT2D eigenvalue weighted by atomic mass is 16.7. The molecule has 34 heavy (non-hydrogen) atoms. The molecule has 9 nitrogen and oxygen atoms in total. The van der Waals surface area contributed by atoms with E-state index in [1.54, 1.807) is 19.2 Å². The Kier molecular flexibility index (Phi) is 7.04. The summed E-state index contributed by atoms with van der Waals surface area (Å²) in [6, 6.07) is 11.2. The van der Waals surface area contributed by atoms with Crippen LogP contribution in [-0.4, -0.2) is 95.1 Å². The standard InChI is InChI=1S/C25H33NO8/c1-26(2)9-8-15-11-20(32-3)19(28)12-17(15)18(26)10-14-4-6-16(7-5-14)33-25-24(31)23(30)22(29)21(13-27)34-25/h4-7,11-12,18,21-25,27,29-31H,8-10,13H2,1-3H3/p+1/t18-,21-,22-,23+,24-,25-/m1/s1. The fourth-order valence-electron chi connectivity index (χ4n) is 4.84. The van der Waals surface area contributed by atoms with Gasteiger partial charge in [0.05, 0.1) is 34.4 Å². The highest BCUT2D eigenvalue weighted by Crippen LogP contribution is 2.41. The summed E-state index contributed by atoms with van der Waals surface area (Å²) in [6.07, 6.45) is -4.98. The third-order valence-corrected chi connectivity index (χ3v) is 7.05. The van der Waals surface area contributed by atoms with Crippen LogP contribution in [0.4, 0.5) is 0 Å². The molecule has 2 heterocycles. The van der Waals surface area contributed by atoms with E-state index in [0.717, 1.165) is 35.0 Å². The minimum atomic E-state index is -1.49. The first kappa shape index (κ1) is 24.7. The first-order valence-electron chi connectivity index (χ1n) is 11.4. The highest BCUT2D eigenvalue weighted by Gasteiger charge is 2.44. The van der Waals surface area contributed by atoms with E-state index in [1.165, 1.54) is 5.56 Å². The zero-order chi connectivity index (χ0) is 24.6. The number of hydrogen-bond donors (Lipinski definition) is 5. The summed E-state index contributed by atoms with van der Waals surface area (Å²) >= 11 is 0. The molecule has 0 aliphatic carbocycles. The number of methoxy groups -OCH3 is 1. The number of aromatic hydroxyl groups is 1. The summed E-state index contributed by atoms with van der Waals surface area (Å²) < 4.78 is 17.2. The number of hydrogen-bond acceptors (Lipinski definition) is 8. The molecular formula is C25H34NO8+. The molecule has 1 fully saturated rings. The Balaban J connectivity index is 1.50. The SMILES string of the molecule is COc1cc2c(cc1O)[C@@H](Cc1ccc(O[C@@H]3O[C@H](CO)[C@@H](O)[C@H](O)[C@H]3O)cc1)[N+](C)(C)CC2. The quantitative estimate of drug-likeness (QED) is 0.381. The van der Waals surface area contributed by atoms with Gasteiger partial charge >= 0.3 is 0 Å². The average Bonchev–Trinajstić information content (AvgIpc) is 2.82. The van der Waals surface area contributed by atoms with Gasteiger partial charge in [0.15, 0.2) is 11.5 Å². The van der Waals surface area contributed by atoms with Crippen LogP contribution in [-0.2, 0) is 17.6 Å².